The number of hydrogen-bond acceptors (Lipinski definition) is 4. The maximum atomic E-state index is 13.1. The number of benzene rings is 3. The van der Waals surface area contributed by atoms with Crippen LogP contribution in [0.25, 0.3) is 10.8 Å². The van der Waals surface area contributed by atoms with E-state index in [4.69, 9.17) is 46.4 Å². The number of alkyl halides is 3. The molecule has 172 valence electrons. The number of anilines is 2. The molecule has 5 nitrogen and oxygen atoms in total. The van der Waals surface area contributed by atoms with Gasteiger partial charge in [0, 0.05) is 50.0 Å². The predicted octanol–water partition coefficient (Wildman–Crippen LogP) is 6.02. The van der Waals surface area contributed by atoms with E-state index in [0.29, 0.717) is 10.6 Å². The monoisotopic (exact) mass is 533 g/mol. The third kappa shape index (κ3) is 5.22. The first kappa shape index (κ1) is 25.2. The molecule has 3 aromatic rings. The van der Waals surface area contributed by atoms with Crippen molar-refractivity contribution in [2.24, 2.45) is 0 Å². The van der Waals surface area contributed by atoms with E-state index in [9.17, 15) is 8.42 Å². The quantitative estimate of drug-likeness (QED) is 0.393. The van der Waals surface area contributed by atoms with E-state index in [0.717, 1.165) is 22.1 Å². The highest BCUT2D eigenvalue weighted by molar-refractivity contribution is 7.89. The van der Waals surface area contributed by atoms with Gasteiger partial charge in [-0.05, 0) is 47.3 Å². The first-order valence-corrected chi connectivity index (χ1v) is 12.6. The van der Waals surface area contributed by atoms with Gasteiger partial charge >= 0.3 is 0 Å². The average Bonchev–Trinajstić information content (AvgIpc) is 2.70. The molecular weight excluding hydrogens is 512 g/mol. The summed E-state index contributed by atoms with van der Waals surface area (Å²) in [5.74, 6) is 0. The molecule has 10 heteroatoms. The van der Waals surface area contributed by atoms with Crippen LogP contribution in [0.5, 0.6) is 0 Å². The SMILES string of the molecule is CN(C)c1cccc2c([C@H](NS(=O)(=O)c3ccc(Cl)cc3)C(Cl)(Cl)Cl)ccc(N(C)C)c12. The highest BCUT2D eigenvalue weighted by Gasteiger charge is 2.38. The van der Waals surface area contributed by atoms with Crippen LogP contribution in [0.2, 0.25) is 5.02 Å². The molecule has 0 radical (unpaired) electrons. The van der Waals surface area contributed by atoms with Crippen molar-refractivity contribution in [1.29, 1.82) is 0 Å². The molecular formula is C22H23Cl4N3O2S. The fourth-order valence-corrected chi connectivity index (χ4v) is 5.61. The third-order valence-corrected chi connectivity index (χ3v) is 7.37. The Hall–Kier alpha value is -1.41. The Morgan fingerprint density at radius 3 is 1.94 bits per heavy atom. The number of rotatable bonds is 6. The summed E-state index contributed by atoms with van der Waals surface area (Å²) in [4.78, 5) is 3.99. The van der Waals surface area contributed by atoms with Crippen LogP contribution in [0.15, 0.2) is 59.5 Å². The number of sulfonamides is 1. The molecule has 0 saturated carbocycles. The average molecular weight is 535 g/mol. The van der Waals surface area contributed by atoms with E-state index in [1.165, 1.54) is 24.3 Å². The summed E-state index contributed by atoms with van der Waals surface area (Å²) in [5.41, 5.74) is 2.46. The highest BCUT2D eigenvalue weighted by Crippen LogP contribution is 2.45. The number of nitrogens with one attached hydrogen (secondary N) is 1. The van der Waals surface area contributed by atoms with Gasteiger partial charge in [0.15, 0.2) is 0 Å². The van der Waals surface area contributed by atoms with Crippen molar-refractivity contribution in [2.75, 3.05) is 38.0 Å². The molecule has 0 aromatic heterocycles. The van der Waals surface area contributed by atoms with Crippen molar-refractivity contribution in [1.82, 2.24) is 4.72 Å². The molecule has 0 fully saturated rings. The van der Waals surface area contributed by atoms with Crippen LogP contribution in [-0.2, 0) is 10.0 Å². The Balaban J connectivity index is 2.23. The fourth-order valence-electron chi connectivity index (χ4n) is 3.53. The lowest BCUT2D eigenvalue weighted by Crippen LogP contribution is -2.36. The number of fused-ring (bicyclic) bond motifs is 1. The predicted molar refractivity (Wildman–Crippen MR) is 137 cm³/mol. The molecule has 0 unspecified atom stereocenters. The van der Waals surface area contributed by atoms with Crippen LogP contribution in [0, 0.1) is 0 Å². The van der Waals surface area contributed by atoms with Gasteiger partial charge < -0.3 is 9.80 Å². The number of hydrogen-bond donors (Lipinski definition) is 1. The number of halogens is 4. The van der Waals surface area contributed by atoms with Crippen molar-refractivity contribution in [3.8, 4) is 0 Å². The van der Waals surface area contributed by atoms with Gasteiger partial charge in [-0.25, -0.2) is 8.42 Å². The van der Waals surface area contributed by atoms with Crippen LogP contribution in [-0.4, -0.2) is 40.4 Å². The summed E-state index contributed by atoms with van der Waals surface area (Å²) in [7, 11) is 3.75. The molecule has 1 N–H and O–H groups in total. The summed E-state index contributed by atoms with van der Waals surface area (Å²) < 4.78 is 26.9. The molecule has 0 amide bonds. The summed E-state index contributed by atoms with van der Waals surface area (Å²) >= 11 is 24.9. The Labute approximate surface area is 208 Å². The van der Waals surface area contributed by atoms with Gasteiger partial charge in [0.25, 0.3) is 0 Å². The van der Waals surface area contributed by atoms with Gasteiger partial charge in [-0.1, -0.05) is 64.6 Å². The molecule has 0 spiro atoms. The molecule has 0 aliphatic rings. The van der Waals surface area contributed by atoms with Gasteiger partial charge in [-0.2, -0.15) is 4.72 Å². The lowest BCUT2D eigenvalue weighted by atomic mass is 9.96. The zero-order valence-corrected chi connectivity index (χ0v) is 21.7. The van der Waals surface area contributed by atoms with Gasteiger partial charge in [0.05, 0.1) is 10.9 Å². The minimum Gasteiger partial charge on any atom is -0.377 e. The van der Waals surface area contributed by atoms with Gasteiger partial charge in [-0.3, -0.25) is 0 Å². The first-order valence-electron chi connectivity index (χ1n) is 9.58. The Morgan fingerprint density at radius 2 is 1.41 bits per heavy atom. The lowest BCUT2D eigenvalue weighted by molar-refractivity contribution is 0.559. The highest BCUT2D eigenvalue weighted by atomic mass is 35.6. The molecule has 0 saturated heterocycles. The van der Waals surface area contributed by atoms with Gasteiger partial charge in [0.1, 0.15) is 0 Å². The second-order valence-electron chi connectivity index (χ2n) is 7.71. The number of nitrogens with zero attached hydrogens (tertiary/aromatic N) is 2. The van der Waals surface area contributed by atoms with Crippen LogP contribution in [0.1, 0.15) is 11.6 Å². The fraction of sp³-hybridized carbons (Fsp3) is 0.273. The second kappa shape index (κ2) is 9.45. The van der Waals surface area contributed by atoms with Crippen LogP contribution in [0.4, 0.5) is 11.4 Å². The Bertz CT molecular complexity index is 1210. The van der Waals surface area contributed by atoms with Crippen LogP contribution in [0.3, 0.4) is 0 Å². The summed E-state index contributed by atoms with van der Waals surface area (Å²) in [6.07, 6.45) is 0. The van der Waals surface area contributed by atoms with E-state index < -0.39 is 19.9 Å². The smallest absolute Gasteiger partial charge is 0.241 e. The molecule has 3 rings (SSSR count). The molecule has 0 heterocycles. The minimum atomic E-state index is -4.01. The zero-order valence-electron chi connectivity index (χ0n) is 17.9. The van der Waals surface area contributed by atoms with Crippen molar-refractivity contribution in [2.45, 2.75) is 14.7 Å². The van der Waals surface area contributed by atoms with Crippen molar-refractivity contribution in [3.05, 3.63) is 65.2 Å². The molecule has 0 aliphatic heterocycles. The van der Waals surface area contributed by atoms with E-state index >= 15 is 0 Å². The minimum absolute atomic E-state index is 0.0179. The molecule has 0 aliphatic carbocycles. The summed E-state index contributed by atoms with van der Waals surface area (Å²) in [5, 5.41) is 2.12. The Morgan fingerprint density at radius 1 is 0.844 bits per heavy atom. The maximum absolute atomic E-state index is 13.1. The standard InChI is InChI=1S/C22H23Cl4N3O2S/c1-28(2)18-7-5-6-16-17(12-13-19(20(16)18)29(3)4)21(22(24,25)26)27-32(30,31)15-10-8-14(23)9-11-15/h5-13,21,27H,1-4H3/t21-/m0/s1. The van der Waals surface area contributed by atoms with Crippen molar-refractivity contribution >= 4 is 78.6 Å². The molecule has 32 heavy (non-hydrogen) atoms. The van der Waals surface area contributed by atoms with Crippen molar-refractivity contribution < 1.29 is 8.42 Å². The lowest BCUT2D eigenvalue weighted by Gasteiger charge is -2.29. The normalized spacial score (nSPS) is 13.2. The summed E-state index contributed by atoms with van der Waals surface area (Å²) in [6.45, 7) is 0. The van der Waals surface area contributed by atoms with Crippen molar-refractivity contribution in [3.63, 3.8) is 0 Å². The van der Waals surface area contributed by atoms with E-state index in [2.05, 4.69) is 4.72 Å². The second-order valence-corrected chi connectivity index (χ2v) is 12.2. The van der Waals surface area contributed by atoms with E-state index in [1.807, 2.05) is 62.3 Å². The van der Waals surface area contributed by atoms with E-state index in [1.54, 1.807) is 6.07 Å². The molecule has 1 atom stereocenters. The van der Waals surface area contributed by atoms with Gasteiger partial charge in [-0.15, -0.1) is 0 Å². The summed E-state index contributed by atoms with van der Waals surface area (Å²) in [6, 6.07) is 14.1. The first-order chi connectivity index (χ1) is 14.8. The largest absolute Gasteiger partial charge is 0.377 e. The van der Waals surface area contributed by atoms with Crippen LogP contribution < -0.4 is 14.5 Å². The third-order valence-electron chi connectivity index (χ3n) is 5.03. The molecule has 3 aromatic carbocycles. The maximum Gasteiger partial charge on any atom is 0.241 e. The Kier molecular flexibility index (Phi) is 7.45. The van der Waals surface area contributed by atoms with Gasteiger partial charge in [0.2, 0.25) is 13.8 Å². The zero-order chi connectivity index (χ0) is 23.8. The topological polar surface area (TPSA) is 52.7 Å². The van der Waals surface area contributed by atoms with E-state index in [-0.39, 0.29) is 4.90 Å². The van der Waals surface area contributed by atoms with Crippen LogP contribution >= 0.6 is 46.4 Å². The molecule has 0 bridgehead atoms.